The molecule has 33 heteroatoms. The van der Waals surface area contributed by atoms with E-state index in [0.717, 1.165) is 33.6 Å². The van der Waals surface area contributed by atoms with Crippen molar-refractivity contribution in [1.29, 1.82) is 0 Å². The molecule has 10 amide bonds. The van der Waals surface area contributed by atoms with Crippen LogP contribution in [0.2, 0.25) is 0 Å². The second-order valence-corrected chi connectivity index (χ2v) is 25.8. The van der Waals surface area contributed by atoms with Crippen molar-refractivity contribution in [2.75, 3.05) is 59.5 Å². The SMILES string of the molecule is CC[C@@]1(O)C(=O)OCc2c1cc1n(c2=O)Cc2c-1nc1cc3c(c4c1c2[C@@H](NC(=O)C(C)(C)COCNC(=O)CNC(=O)[C@H](Cc1ccccc1)NC(=O)CNC(=O)CNC(=O)C(CCC(=O)NC[C@@H]1O[C@H](CO)[C@@H](O)[C@H](O)[C@H]1O)NC(=O)CCCCCN1C(=O)C=CC1=O)CC4)OCO3. The van der Waals surface area contributed by atoms with Crippen molar-refractivity contribution < 1.29 is 102 Å². The first kappa shape index (κ1) is 73.0. The number of nitrogens with one attached hydrogen (secondary N) is 8. The van der Waals surface area contributed by atoms with Gasteiger partial charge in [-0.2, -0.15) is 0 Å². The summed E-state index contributed by atoms with van der Waals surface area (Å²) >= 11 is 0. The summed E-state index contributed by atoms with van der Waals surface area (Å²) in [5, 5.41) is 72.9. The van der Waals surface area contributed by atoms with E-state index in [4.69, 9.17) is 28.7 Å². The van der Waals surface area contributed by atoms with Crippen LogP contribution < -0.4 is 57.6 Å². The number of nitrogens with zero attached hydrogens (tertiary/aromatic N) is 3. The van der Waals surface area contributed by atoms with Gasteiger partial charge in [0.1, 0.15) is 55.9 Å². The maximum absolute atomic E-state index is 14.3. The number of cyclic esters (lactones) is 1. The molecule has 5 aliphatic heterocycles. The zero-order valence-corrected chi connectivity index (χ0v) is 55.2. The molecule has 2 aromatic heterocycles. The van der Waals surface area contributed by atoms with Crippen LogP contribution in [-0.2, 0) is 98.5 Å². The number of aliphatic hydroxyl groups is 5. The molecule has 1 unspecified atom stereocenters. The molecule has 4 aromatic rings. The van der Waals surface area contributed by atoms with E-state index < -0.39 is 163 Å². The summed E-state index contributed by atoms with van der Waals surface area (Å²) in [7, 11) is 0. The Labute approximate surface area is 571 Å². The van der Waals surface area contributed by atoms with Gasteiger partial charge < -0.3 is 96.3 Å². The molecule has 1 aliphatic carbocycles. The Balaban J connectivity index is 0.693. The van der Waals surface area contributed by atoms with E-state index in [9.17, 15) is 83.1 Å². The fourth-order valence-electron chi connectivity index (χ4n) is 12.8. The fraction of sp³-hybridized carbons (Fsp3) is 0.507. The van der Waals surface area contributed by atoms with Crippen LogP contribution in [0.4, 0.5) is 0 Å². The minimum absolute atomic E-state index is 0.00160. The van der Waals surface area contributed by atoms with Crippen molar-refractivity contribution in [1.82, 2.24) is 57.0 Å². The van der Waals surface area contributed by atoms with Gasteiger partial charge in [-0.1, -0.05) is 43.7 Å². The fourth-order valence-corrected chi connectivity index (χ4v) is 12.8. The summed E-state index contributed by atoms with van der Waals surface area (Å²) in [5.41, 5.74) is 0.820. The lowest BCUT2D eigenvalue weighted by Gasteiger charge is -2.40. The van der Waals surface area contributed by atoms with E-state index in [-0.39, 0.29) is 89.6 Å². The number of esters is 1. The maximum Gasteiger partial charge on any atom is 0.343 e. The first-order valence-corrected chi connectivity index (χ1v) is 33.0. The highest BCUT2D eigenvalue weighted by molar-refractivity contribution is 6.13. The quantitative estimate of drug-likeness (QED) is 0.00900. The number of fused-ring (bicyclic) bond motifs is 7. The Kier molecular flexibility index (Phi) is 23.1. The number of aromatic nitrogens is 2. The molecule has 536 valence electrons. The number of rotatable bonds is 31. The molecular weight excluding hydrogens is 1310 g/mol. The lowest BCUT2D eigenvalue weighted by atomic mass is 9.82. The van der Waals surface area contributed by atoms with Crippen molar-refractivity contribution >= 4 is 75.9 Å². The molecule has 7 heterocycles. The predicted octanol–water partition coefficient (Wildman–Crippen LogP) is -3.19. The average Bonchev–Trinajstić information content (AvgIpc) is 1.49. The molecule has 33 nitrogen and oxygen atoms in total. The first-order chi connectivity index (χ1) is 47.8. The van der Waals surface area contributed by atoms with Gasteiger partial charge in [0.2, 0.25) is 54.1 Å². The van der Waals surface area contributed by atoms with E-state index in [1.807, 2.05) is 0 Å². The number of imide groups is 1. The van der Waals surface area contributed by atoms with Crippen LogP contribution in [0, 0.1) is 5.41 Å². The van der Waals surface area contributed by atoms with Gasteiger partial charge in [0.15, 0.2) is 17.1 Å². The van der Waals surface area contributed by atoms with Crippen molar-refractivity contribution in [2.45, 2.75) is 152 Å². The molecule has 9 atom stereocenters. The molecule has 1 saturated heterocycles. The summed E-state index contributed by atoms with van der Waals surface area (Å²) in [5.74, 6) is -6.46. The Morgan fingerprint density at radius 3 is 2.16 bits per heavy atom. The smallest absolute Gasteiger partial charge is 0.343 e. The summed E-state index contributed by atoms with van der Waals surface area (Å²) < 4.78 is 29.8. The third kappa shape index (κ3) is 16.3. The topological polar surface area (TPSA) is 469 Å². The number of amides is 10. The number of hydrogen-bond acceptors (Lipinski definition) is 23. The van der Waals surface area contributed by atoms with E-state index in [0.29, 0.717) is 65.2 Å². The van der Waals surface area contributed by atoms with Gasteiger partial charge in [-0.15, -0.1) is 0 Å². The number of aryl methyl sites for hydroxylation is 1. The molecule has 100 heavy (non-hydrogen) atoms. The monoisotopic (exact) mass is 1390 g/mol. The largest absolute Gasteiger partial charge is 0.458 e. The molecule has 10 rings (SSSR count). The van der Waals surface area contributed by atoms with Crippen LogP contribution in [0.3, 0.4) is 0 Å². The number of benzene rings is 2. The van der Waals surface area contributed by atoms with E-state index in [1.165, 1.54) is 4.57 Å². The van der Waals surface area contributed by atoms with Gasteiger partial charge in [-0.3, -0.25) is 57.6 Å². The van der Waals surface area contributed by atoms with Gasteiger partial charge in [-0.25, -0.2) is 9.78 Å². The molecule has 13 N–H and O–H groups in total. The lowest BCUT2D eigenvalue weighted by Crippen LogP contribution is -2.60. The normalized spacial score (nSPS) is 21.4. The zero-order chi connectivity index (χ0) is 71.7. The molecule has 2 aromatic carbocycles. The number of carbonyl (C=O) groups excluding carboxylic acids is 11. The van der Waals surface area contributed by atoms with Crippen molar-refractivity contribution in [2.24, 2.45) is 5.41 Å². The summed E-state index contributed by atoms with van der Waals surface area (Å²) in [6.07, 6.45) is -4.01. The standard InChI is InChI=1S/C67H81N11O22/c1-4-67(95)38-22-43-56-36(28-78(43)63(92)37(38)30-97-65(67)94)55-39(15-14-35-54(55)41(75-56)23-44-60(35)99-33-98-44)76-64(93)66(2,3)31-96-32-72-50(83)26-71-62(91)42(21-34-11-7-5-8-12-34)74-51(84)27-69-49(82)25-70-61(90)40(73-48(81)13-9-6-10-20-77-52(85)18-19-53(77)86)16-17-47(80)68-24-45-57(87)59(89)58(88)46(29-79)100-45/h5,7-8,11-12,18-19,22-23,39-40,42,45-46,57-59,79,87-89,95H,4,6,9-10,13-17,20-21,24-33H2,1-3H3,(H,68,80)(H,69,82)(H,70,90)(H,71,91)(H,72,83)(H,73,81)(H,74,84)(H,76,93)/t39-,40?,42-,45-,46+,57-,58+,59+,67-/m0/s1. The van der Waals surface area contributed by atoms with Crippen LogP contribution in [0.5, 0.6) is 11.5 Å². The number of unbranched alkanes of at least 4 members (excludes halogenated alkanes) is 2. The van der Waals surface area contributed by atoms with Gasteiger partial charge in [0.25, 0.3) is 17.4 Å². The molecule has 0 spiro atoms. The number of hydrogen-bond donors (Lipinski definition) is 13. The maximum atomic E-state index is 14.3. The molecule has 0 saturated carbocycles. The number of pyridine rings is 2. The second kappa shape index (κ2) is 31.6. The van der Waals surface area contributed by atoms with Crippen LogP contribution in [0.1, 0.15) is 112 Å². The Bertz CT molecular complexity index is 3950. The highest BCUT2D eigenvalue weighted by atomic mass is 16.7. The molecular formula is C67H81N11O22. The first-order valence-electron chi connectivity index (χ1n) is 33.0. The van der Waals surface area contributed by atoms with E-state index >= 15 is 0 Å². The second-order valence-electron chi connectivity index (χ2n) is 25.8. The minimum atomic E-state index is -2.05. The van der Waals surface area contributed by atoms with Crippen LogP contribution in [-0.4, -0.2) is 207 Å². The van der Waals surface area contributed by atoms with Crippen molar-refractivity contribution in [3.63, 3.8) is 0 Å². The van der Waals surface area contributed by atoms with Gasteiger partial charge >= 0.3 is 5.97 Å². The Morgan fingerprint density at radius 1 is 0.750 bits per heavy atom. The van der Waals surface area contributed by atoms with E-state index in [2.05, 4.69) is 42.5 Å². The summed E-state index contributed by atoms with van der Waals surface area (Å²) in [4.78, 5) is 164. The molecule has 0 bridgehead atoms. The number of ether oxygens (including phenoxy) is 5. The highest BCUT2D eigenvalue weighted by Crippen LogP contribution is 2.50. The van der Waals surface area contributed by atoms with Crippen LogP contribution >= 0.6 is 0 Å². The van der Waals surface area contributed by atoms with Crippen LogP contribution in [0.25, 0.3) is 22.3 Å². The van der Waals surface area contributed by atoms with Crippen molar-refractivity contribution in [3.05, 3.63) is 98.4 Å². The highest BCUT2D eigenvalue weighted by Gasteiger charge is 2.47. The van der Waals surface area contributed by atoms with E-state index in [1.54, 1.807) is 63.2 Å². The molecule has 6 aliphatic rings. The Morgan fingerprint density at radius 2 is 1.44 bits per heavy atom. The molecule has 1 fully saturated rings. The minimum Gasteiger partial charge on any atom is -0.458 e. The molecule has 0 radical (unpaired) electrons. The van der Waals surface area contributed by atoms with Gasteiger partial charge in [0.05, 0.1) is 73.3 Å². The zero-order valence-electron chi connectivity index (χ0n) is 55.2. The lowest BCUT2D eigenvalue weighted by molar-refractivity contribution is -0.227. The average molecular weight is 1390 g/mol. The number of carbonyl (C=O) groups is 11. The third-order valence-corrected chi connectivity index (χ3v) is 18.5. The summed E-state index contributed by atoms with van der Waals surface area (Å²) in [6.45, 7) is 1.23. The van der Waals surface area contributed by atoms with Gasteiger partial charge in [0, 0.05) is 72.6 Å². The Hall–Kier alpha value is -9.77. The summed E-state index contributed by atoms with van der Waals surface area (Å²) in [6, 6.07) is 8.67. The number of aliphatic hydroxyl groups excluding tert-OH is 4. The van der Waals surface area contributed by atoms with Crippen molar-refractivity contribution in [3.8, 4) is 22.9 Å². The van der Waals surface area contributed by atoms with Crippen LogP contribution in [0.15, 0.2) is 59.4 Å². The predicted molar refractivity (Wildman–Crippen MR) is 346 cm³/mol. The van der Waals surface area contributed by atoms with Gasteiger partial charge in [-0.05, 0) is 69.6 Å². The third-order valence-electron chi connectivity index (χ3n) is 18.5.